The first kappa shape index (κ1) is 29.2. The van der Waals surface area contributed by atoms with Crippen LogP contribution in [0.1, 0.15) is 19.4 Å². The van der Waals surface area contributed by atoms with E-state index in [-0.39, 0.29) is 48.5 Å². The van der Waals surface area contributed by atoms with E-state index in [4.69, 9.17) is 16.3 Å². The standard InChI is InChI=1S/C24H32ClN3O7S2/c1-16-13-28(17(2)15-29)24(30)12-18-11-20(26-37(33,34)21-8-5-19(25)6-9-21)7-10-22(18)35-23(16)14-27(3)36(4,31)32/h5-11,16-17,23,26,29H,12-15H2,1-4H3/t16-,17+,23-/m1/s1. The molecule has 0 unspecified atom stereocenters. The molecule has 0 aliphatic carbocycles. The Morgan fingerprint density at radius 2 is 1.84 bits per heavy atom. The Hall–Kier alpha value is -2.38. The maximum atomic E-state index is 13.3. The smallest absolute Gasteiger partial charge is 0.261 e. The van der Waals surface area contributed by atoms with Crippen molar-refractivity contribution in [2.45, 2.75) is 37.3 Å². The summed E-state index contributed by atoms with van der Waals surface area (Å²) >= 11 is 5.86. The number of hydrogen-bond donors (Lipinski definition) is 2. The monoisotopic (exact) mass is 573 g/mol. The van der Waals surface area contributed by atoms with Crippen molar-refractivity contribution in [1.29, 1.82) is 0 Å². The molecule has 10 nitrogen and oxygen atoms in total. The van der Waals surface area contributed by atoms with Crippen LogP contribution in [0.25, 0.3) is 0 Å². The first-order chi connectivity index (χ1) is 17.2. The summed E-state index contributed by atoms with van der Waals surface area (Å²) < 4.78 is 59.8. The molecule has 1 heterocycles. The zero-order valence-electron chi connectivity index (χ0n) is 21.1. The number of ether oxygens (including phenoxy) is 1. The van der Waals surface area contributed by atoms with Crippen molar-refractivity contribution in [3.05, 3.63) is 53.1 Å². The Balaban J connectivity index is 1.99. The second kappa shape index (κ2) is 11.6. The summed E-state index contributed by atoms with van der Waals surface area (Å²) in [5.74, 6) is -0.204. The highest BCUT2D eigenvalue weighted by molar-refractivity contribution is 7.92. The zero-order valence-corrected chi connectivity index (χ0v) is 23.5. The topological polar surface area (TPSA) is 133 Å². The summed E-state index contributed by atoms with van der Waals surface area (Å²) in [6.45, 7) is 3.61. The fraction of sp³-hybridized carbons (Fsp3) is 0.458. The van der Waals surface area contributed by atoms with Crippen molar-refractivity contribution < 1.29 is 31.5 Å². The van der Waals surface area contributed by atoms with Crippen LogP contribution in [-0.2, 0) is 31.3 Å². The highest BCUT2D eigenvalue weighted by Crippen LogP contribution is 2.30. The number of hydrogen-bond acceptors (Lipinski definition) is 7. The lowest BCUT2D eigenvalue weighted by Crippen LogP contribution is -2.48. The fourth-order valence-electron chi connectivity index (χ4n) is 3.93. The number of fused-ring (bicyclic) bond motifs is 1. The summed E-state index contributed by atoms with van der Waals surface area (Å²) in [6.07, 6.45) is 0.385. The first-order valence-corrected chi connectivity index (χ1v) is 15.3. The van der Waals surface area contributed by atoms with Gasteiger partial charge in [0.25, 0.3) is 10.0 Å². The normalized spacial score (nSPS) is 19.9. The summed E-state index contributed by atoms with van der Waals surface area (Å²) in [4.78, 5) is 14.8. The Bertz CT molecular complexity index is 1330. The molecule has 0 bridgehead atoms. The van der Waals surface area contributed by atoms with E-state index in [2.05, 4.69) is 4.72 Å². The molecular weight excluding hydrogens is 542 g/mol. The molecule has 2 N–H and O–H groups in total. The molecule has 3 rings (SSSR count). The van der Waals surface area contributed by atoms with Crippen LogP contribution in [0.15, 0.2) is 47.4 Å². The van der Waals surface area contributed by atoms with E-state index < -0.39 is 32.2 Å². The van der Waals surface area contributed by atoms with Crippen molar-refractivity contribution in [3.8, 4) is 5.75 Å². The molecule has 1 aliphatic heterocycles. The molecule has 0 fully saturated rings. The number of carbonyl (C=O) groups excluding carboxylic acids is 1. The van der Waals surface area contributed by atoms with Gasteiger partial charge >= 0.3 is 0 Å². The maximum Gasteiger partial charge on any atom is 0.261 e. The predicted octanol–water partition coefficient (Wildman–Crippen LogP) is 2.18. The lowest BCUT2D eigenvalue weighted by Gasteiger charge is -2.33. The van der Waals surface area contributed by atoms with Gasteiger partial charge in [0.15, 0.2) is 0 Å². The molecule has 1 aliphatic rings. The van der Waals surface area contributed by atoms with Crippen LogP contribution in [0, 0.1) is 5.92 Å². The molecule has 13 heteroatoms. The van der Waals surface area contributed by atoms with Crippen molar-refractivity contribution >= 4 is 43.2 Å². The zero-order chi connectivity index (χ0) is 27.5. The number of carbonyl (C=O) groups is 1. The number of rotatable bonds is 8. The van der Waals surface area contributed by atoms with Crippen LogP contribution in [0.5, 0.6) is 5.75 Å². The van der Waals surface area contributed by atoms with Gasteiger partial charge in [-0.15, -0.1) is 0 Å². The van der Waals surface area contributed by atoms with E-state index in [1.54, 1.807) is 17.9 Å². The van der Waals surface area contributed by atoms with Crippen molar-refractivity contribution in [1.82, 2.24) is 9.21 Å². The summed E-state index contributed by atoms with van der Waals surface area (Å²) in [6, 6.07) is 9.84. The van der Waals surface area contributed by atoms with Crippen molar-refractivity contribution in [2.75, 3.05) is 37.7 Å². The number of amides is 1. The first-order valence-electron chi connectivity index (χ1n) is 11.6. The van der Waals surface area contributed by atoms with E-state index in [1.807, 2.05) is 6.92 Å². The molecule has 2 aromatic carbocycles. The molecule has 0 saturated carbocycles. The molecule has 2 aromatic rings. The van der Waals surface area contributed by atoms with Gasteiger partial charge in [0.1, 0.15) is 11.9 Å². The average Bonchev–Trinajstić information content (AvgIpc) is 2.86. The number of aliphatic hydroxyl groups excluding tert-OH is 1. The van der Waals surface area contributed by atoms with Crippen LogP contribution in [0.2, 0.25) is 5.02 Å². The Labute approximate surface area is 223 Å². The Morgan fingerprint density at radius 3 is 2.43 bits per heavy atom. The minimum atomic E-state index is -3.92. The number of aliphatic hydroxyl groups is 1. The third-order valence-corrected chi connectivity index (χ3v) is 9.23. The molecule has 3 atom stereocenters. The number of likely N-dealkylation sites (N-methyl/N-ethyl adjacent to an activating group) is 1. The van der Waals surface area contributed by atoms with Gasteiger partial charge < -0.3 is 14.7 Å². The number of nitrogens with zero attached hydrogens (tertiary/aromatic N) is 2. The molecule has 37 heavy (non-hydrogen) atoms. The lowest BCUT2D eigenvalue weighted by molar-refractivity contribution is -0.134. The number of halogens is 1. The SMILES string of the molecule is C[C@@H]1CN([C@@H](C)CO)C(=O)Cc2cc(NS(=O)(=O)c3ccc(Cl)cc3)ccc2O[C@@H]1CN(C)S(C)(=O)=O. The van der Waals surface area contributed by atoms with Crippen LogP contribution < -0.4 is 9.46 Å². The molecule has 0 saturated heterocycles. The van der Waals surface area contributed by atoms with Crippen LogP contribution in [-0.4, -0.2) is 82.2 Å². The largest absolute Gasteiger partial charge is 0.488 e. The summed E-state index contributed by atoms with van der Waals surface area (Å²) in [5.41, 5.74) is 0.654. The molecule has 0 spiro atoms. The molecule has 0 radical (unpaired) electrons. The minimum absolute atomic E-state index is 0.0217. The number of benzene rings is 2. The quantitative estimate of drug-likeness (QED) is 0.494. The number of nitrogens with one attached hydrogen (secondary N) is 1. The van der Waals surface area contributed by atoms with E-state index >= 15 is 0 Å². The Kier molecular flexibility index (Phi) is 9.12. The van der Waals surface area contributed by atoms with Gasteiger partial charge in [-0.05, 0) is 49.4 Å². The van der Waals surface area contributed by atoms with E-state index in [0.29, 0.717) is 16.3 Å². The van der Waals surface area contributed by atoms with Crippen LogP contribution in [0.4, 0.5) is 5.69 Å². The molecular formula is C24H32ClN3O7S2. The minimum Gasteiger partial charge on any atom is -0.488 e. The molecule has 1 amide bonds. The number of anilines is 1. The predicted molar refractivity (Wildman–Crippen MR) is 142 cm³/mol. The van der Waals surface area contributed by atoms with Gasteiger partial charge in [-0.1, -0.05) is 18.5 Å². The molecule has 0 aromatic heterocycles. The van der Waals surface area contributed by atoms with Gasteiger partial charge in [0.2, 0.25) is 15.9 Å². The van der Waals surface area contributed by atoms with Gasteiger partial charge in [0.05, 0.1) is 36.8 Å². The summed E-state index contributed by atoms with van der Waals surface area (Å²) in [5, 5.41) is 10.1. The fourth-order valence-corrected chi connectivity index (χ4v) is 5.52. The Morgan fingerprint density at radius 1 is 1.19 bits per heavy atom. The van der Waals surface area contributed by atoms with Crippen molar-refractivity contribution in [3.63, 3.8) is 0 Å². The third kappa shape index (κ3) is 7.35. The average molecular weight is 574 g/mol. The highest BCUT2D eigenvalue weighted by atomic mass is 35.5. The van der Waals surface area contributed by atoms with Gasteiger partial charge in [-0.3, -0.25) is 9.52 Å². The van der Waals surface area contributed by atoms with E-state index in [0.717, 1.165) is 6.26 Å². The second-order valence-electron chi connectivity index (χ2n) is 9.31. The molecule has 204 valence electrons. The van der Waals surface area contributed by atoms with Crippen LogP contribution in [0.3, 0.4) is 0 Å². The van der Waals surface area contributed by atoms with Crippen LogP contribution >= 0.6 is 11.6 Å². The van der Waals surface area contributed by atoms with E-state index in [1.165, 1.54) is 47.8 Å². The van der Waals surface area contributed by atoms with Crippen molar-refractivity contribution in [2.24, 2.45) is 5.92 Å². The highest BCUT2D eigenvalue weighted by Gasteiger charge is 2.32. The second-order valence-corrected chi connectivity index (χ2v) is 13.5. The van der Waals surface area contributed by atoms with Gasteiger partial charge in [0, 0.05) is 35.8 Å². The summed E-state index contributed by atoms with van der Waals surface area (Å²) in [7, 11) is -5.96. The van der Waals surface area contributed by atoms with Gasteiger partial charge in [-0.2, -0.15) is 0 Å². The lowest BCUT2D eigenvalue weighted by atomic mass is 10.0. The maximum absolute atomic E-state index is 13.3. The van der Waals surface area contributed by atoms with Gasteiger partial charge in [-0.25, -0.2) is 21.1 Å². The third-order valence-electron chi connectivity index (χ3n) is 6.30. The number of sulfonamides is 2. The van der Waals surface area contributed by atoms with E-state index in [9.17, 15) is 26.7 Å².